The zero-order chi connectivity index (χ0) is 17.6. The second-order valence-corrected chi connectivity index (χ2v) is 9.00. The van der Waals surface area contributed by atoms with Crippen LogP contribution >= 0.6 is 11.3 Å². The number of nitrogens with zero attached hydrogens (tertiary/aromatic N) is 4. The Morgan fingerprint density at radius 3 is 2.88 bits per heavy atom. The molecule has 0 aliphatic carbocycles. The minimum Gasteiger partial charge on any atom is -0.440 e. The first-order valence-electron chi connectivity index (χ1n) is 8.05. The van der Waals surface area contributed by atoms with Crippen LogP contribution in [0.3, 0.4) is 0 Å². The second kappa shape index (κ2) is 6.08. The van der Waals surface area contributed by atoms with Crippen molar-refractivity contribution in [3.05, 3.63) is 40.7 Å². The van der Waals surface area contributed by atoms with Gasteiger partial charge < -0.3 is 4.42 Å². The Labute approximate surface area is 150 Å². The summed E-state index contributed by atoms with van der Waals surface area (Å²) in [5.74, 6) is 1.14. The van der Waals surface area contributed by atoms with E-state index in [1.165, 1.54) is 15.6 Å². The summed E-state index contributed by atoms with van der Waals surface area (Å²) in [6.45, 7) is 5.30. The summed E-state index contributed by atoms with van der Waals surface area (Å²) in [5.41, 5.74) is 2.58. The van der Waals surface area contributed by atoms with Gasteiger partial charge in [0.25, 0.3) is 10.0 Å². The Balaban J connectivity index is 1.76. The second-order valence-electron chi connectivity index (χ2n) is 5.89. The van der Waals surface area contributed by atoms with Crippen molar-refractivity contribution in [3.63, 3.8) is 0 Å². The summed E-state index contributed by atoms with van der Waals surface area (Å²) in [6.07, 6.45) is 2.27. The SMILES string of the molecule is CCn1nc(-c2ncc(C)o2)c2c1CCN(S(=O)(=O)c1cccs1)C2. The van der Waals surface area contributed by atoms with Crippen LogP contribution in [0, 0.1) is 6.92 Å². The van der Waals surface area contributed by atoms with Crippen LogP contribution in [0.4, 0.5) is 0 Å². The molecule has 3 aromatic rings. The van der Waals surface area contributed by atoms with Crippen LogP contribution < -0.4 is 0 Å². The van der Waals surface area contributed by atoms with Crippen LogP contribution in [-0.4, -0.2) is 34.0 Å². The quantitative estimate of drug-likeness (QED) is 0.697. The number of fused-ring (bicyclic) bond motifs is 1. The maximum atomic E-state index is 12.9. The lowest BCUT2D eigenvalue weighted by Crippen LogP contribution is -2.36. The number of thiophene rings is 1. The molecule has 4 rings (SSSR count). The maximum absolute atomic E-state index is 12.9. The summed E-state index contributed by atoms with van der Waals surface area (Å²) in [4.78, 5) is 4.27. The number of aryl methyl sites for hydroxylation is 2. The summed E-state index contributed by atoms with van der Waals surface area (Å²) >= 11 is 1.24. The van der Waals surface area contributed by atoms with E-state index < -0.39 is 10.0 Å². The molecule has 0 spiro atoms. The lowest BCUT2D eigenvalue weighted by molar-refractivity contribution is 0.385. The number of rotatable bonds is 4. The lowest BCUT2D eigenvalue weighted by Gasteiger charge is -2.26. The zero-order valence-corrected chi connectivity index (χ0v) is 15.6. The van der Waals surface area contributed by atoms with Crippen molar-refractivity contribution >= 4 is 21.4 Å². The summed E-state index contributed by atoms with van der Waals surface area (Å²) in [7, 11) is -3.49. The Kier molecular flexibility index (Phi) is 4.01. The minimum atomic E-state index is -3.49. The molecule has 0 atom stereocenters. The highest BCUT2D eigenvalue weighted by molar-refractivity contribution is 7.91. The predicted octanol–water partition coefficient (Wildman–Crippen LogP) is 2.67. The fraction of sp³-hybridized carbons (Fsp3) is 0.375. The number of hydrogen-bond acceptors (Lipinski definition) is 6. The third kappa shape index (κ3) is 2.72. The van der Waals surface area contributed by atoms with Crippen LogP contribution in [-0.2, 0) is 29.5 Å². The van der Waals surface area contributed by atoms with Gasteiger partial charge in [0, 0.05) is 37.3 Å². The molecule has 0 saturated carbocycles. The molecule has 0 N–H and O–H groups in total. The van der Waals surface area contributed by atoms with E-state index in [0.717, 1.165) is 17.8 Å². The average molecular weight is 378 g/mol. The van der Waals surface area contributed by atoms with E-state index in [9.17, 15) is 8.42 Å². The van der Waals surface area contributed by atoms with Gasteiger partial charge in [0.05, 0.1) is 6.20 Å². The van der Waals surface area contributed by atoms with Crippen LogP contribution in [0.5, 0.6) is 0 Å². The Morgan fingerprint density at radius 2 is 2.24 bits per heavy atom. The summed E-state index contributed by atoms with van der Waals surface area (Å²) in [6, 6.07) is 3.40. The van der Waals surface area contributed by atoms with Crippen molar-refractivity contribution in [3.8, 4) is 11.6 Å². The van der Waals surface area contributed by atoms with Crippen molar-refractivity contribution in [1.29, 1.82) is 0 Å². The monoisotopic (exact) mass is 378 g/mol. The molecule has 0 radical (unpaired) electrons. The third-order valence-corrected chi connectivity index (χ3v) is 7.53. The normalized spacial score (nSPS) is 15.4. The number of hydrogen-bond donors (Lipinski definition) is 0. The van der Waals surface area contributed by atoms with E-state index in [1.54, 1.807) is 23.7 Å². The number of oxazole rings is 1. The van der Waals surface area contributed by atoms with Gasteiger partial charge in [0.1, 0.15) is 9.97 Å². The molecule has 9 heteroatoms. The van der Waals surface area contributed by atoms with Gasteiger partial charge in [-0.2, -0.15) is 9.40 Å². The van der Waals surface area contributed by atoms with E-state index in [-0.39, 0.29) is 6.54 Å². The standard InChI is InChI=1S/C16H18N4O3S2/c1-3-20-13-6-7-19(25(21,22)14-5-4-8-24-14)10-12(13)15(18-20)16-17-9-11(2)23-16/h4-5,8-9H,3,6-7,10H2,1-2H3. The molecule has 0 fully saturated rings. The molecule has 7 nitrogen and oxygen atoms in total. The van der Waals surface area contributed by atoms with Crippen LogP contribution in [0.25, 0.3) is 11.6 Å². The summed E-state index contributed by atoms with van der Waals surface area (Å²) in [5, 5.41) is 6.39. The molecule has 0 saturated heterocycles. The molecule has 1 aliphatic heterocycles. The van der Waals surface area contributed by atoms with Gasteiger partial charge >= 0.3 is 0 Å². The topological polar surface area (TPSA) is 81.2 Å². The van der Waals surface area contributed by atoms with Crippen LogP contribution in [0.15, 0.2) is 32.3 Å². The van der Waals surface area contributed by atoms with Crippen molar-refractivity contribution < 1.29 is 12.8 Å². The van der Waals surface area contributed by atoms with Crippen molar-refractivity contribution in [2.24, 2.45) is 0 Å². The fourth-order valence-corrected chi connectivity index (χ4v) is 5.66. The number of aromatic nitrogens is 3. The smallest absolute Gasteiger partial charge is 0.252 e. The fourth-order valence-electron chi connectivity index (χ4n) is 3.11. The van der Waals surface area contributed by atoms with E-state index in [1.807, 2.05) is 18.5 Å². The molecule has 0 amide bonds. The highest BCUT2D eigenvalue weighted by atomic mass is 32.2. The molecule has 0 aromatic carbocycles. The van der Waals surface area contributed by atoms with E-state index in [0.29, 0.717) is 34.5 Å². The molecular weight excluding hydrogens is 360 g/mol. The zero-order valence-electron chi connectivity index (χ0n) is 14.0. The molecule has 1 aliphatic rings. The van der Waals surface area contributed by atoms with Crippen LogP contribution in [0.1, 0.15) is 23.9 Å². The lowest BCUT2D eigenvalue weighted by atomic mass is 10.1. The molecule has 132 valence electrons. The molecule has 4 heterocycles. The van der Waals surface area contributed by atoms with Gasteiger partial charge in [-0.25, -0.2) is 13.4 Å². The van der Waals surface area contributed by atoms with E-state index in [2.05, 4.69) is 10.1 Å². The van der Waals surface area contributed by atoms with Gasteiger partial charge in [-0.15, -0.1) is 11.3 Å². The molecular formula is C16H18N4O3S2. The highest BCUT2D eigenvalue weighted by Gasteiger charge is 2.33. The van der Waals surface area contributed by atoms with E-state index >= 15 is 0 Å². The van der Waals surface area contributed by atoms with Gasteiger partial charge in [0.2, 0.25) is 5.89 Å². The molecule has 0 unspecified atom stereocenters. The first kappa shape index (κ1) is 16.5. The molecule has 25 heavy (non-hydrogen) atoms. The third-order valence-electron chi connectivity index (χ3n) is 4.31. The number of sulfonamides is 1. The molecule has 3 aromatic heterocycles. The highest BCUT2D eigenvalue weighted by Crippen LogP contribution is 2.33. The van der Waals surface area contributed by atoms with Gasteiger partial charge in [-0.1, -0.05) is 6.07 Å². The van der Waals surface area contributed by atoms with Gasteiger partial charge in [-0.3, -0.25) is 4.68 Å². The molecule has 0 bridgehead atoms. The Bertz CT molecular complexity index is 1000. The minimum absolute atomic E-state index is 0.284. The predicted molar refractivity (Wildman–Crippen MR) is 93.8 cm³/mol. The average Bonchev–Trinajstić information content (AvgIpc) is 3.33. The Hall–Kier alpha value is -1.97. The Morgan fingerprint density at radius 1 is 1.40 bits per heavy atom. The van der Waals surface area contributed by atoms with E-state index in [4.69, 9.17) is 4.42 Å². The van der Waals surface area contributed by atoms with Crippen molar-refractivity contribution in [2.75, 3.05) is 6.54 Å². The van der Waals surface area contributed by atoms with Crippen molar-refractivity contribution in [2.45, 2.75) is 37.6 Å². The first-order valence-corrected chi connectivity index (χ1v) is 10.4. The van der Waals surface area contributed by atoms with Crippen LogP contribution in [0.2, 0.25) is 0 Å². The largest absolute Gasteiger partial charge is 0.440 e. The van der Waals surface area contributed by atoms with Gasteiger partial charge in [-0.05, 0) is 25.3 Å². The summed E-state index contributed by atoms with van der Waals surface area (Å²) < 4.78 is 35.1. The van der Waals surface area contributed by atoms with Gasteiger partial charge in [0.15, 0.2) is 5.69 Å². The maximum Gasteiger partial charge on any atom is 0.252 e. The van der Waals surface area contributed by atoms with Crippen molar-refractivity contribution in [1.82, 2.24) is 19.1 Å². The first-order chi connectivity index (χ1) is 12.0.